The number of nitrogens with zero attached hydrogens (tertiary/aromatic N) is 3. The van der Waals surface area contributed by atoms with Crippen LogP contribution < -0.4 is 0 Å². The van der Waals surface area contributed by atoms with Crippen molar-refractivity contribution in [2.75, 3.05) is 13.1 Å². The molecule has 1 aliphatic heterocycles. The molecular formula is C17H21N3O4. The first kappa shape index (κ1) is 16.4. The highest BCUT2D eigenvalue weighted by Gasteiger charge is 2.34. The van der Waals surface area contributed by atoms with Crippen LogP contribution in [0.3, 0.4) is 0 Å². The predicted molar refractivity (Wildman–Crippen MR) is 86.5 cm³/mol. The quantitative estimate of drug-likeness (QED) is 0.822. The lowest BCUT2D eigenvalue weighted by molar-refractivity contribution is -0.137. The van der Waals surface area contributed by atoms with Crippen LogP contribution >= 0.6 is 0 Å². The summed E-state index contributed by atoms with van der Waals surface area (Å²) in [6, 6.07) is 3.92. The molecule has 3 rings (SSSR count). The molecule has 0 bridgehead atoms. The van der Waals surface area contributed by atoms with Crippen molar-refractivity contribution >= 4 is 17.4 Å². The Hall–Kier alpha value is -2.41. The van der Waals surface area contributed by atoms with Crippen LogP contribution in [0, 0.1) is 5.92 Å². The Balaban J connectivity index is 1.57. The van der Waals surface area contributed by atoms with E-state index >= 15 is 0 Å². The number of aromatic nitrogens is 2. The summed E-state index contributed by atoms with van der Waals surface area (Å²) in [6.07, 6.45) is 6.25. The van der Waals surface area contributed by atoms with Crippen molar-refractivity contribution < 1.29 is 19.8 Å². The van der Waals surface area contributed by atoms with Gasteiger partial charge in [-0.1, -0.05) is 0 Å². The summed E-state index contributed by atoms with van der Waals surface area (Å²) in [5, 5.41) is 18.9. The molecule has 7 heteroatoms. The molecule has 0 spiro atoms. The zero-order chi connectivity index (χ0) is 17.1. The Morgan fingerprint density at radius 3 is 2.92 bits per heavy atom. The predicted octanol–water partition coefficient (Wildman–Crippen LogP) is 0.951. The number of β-amino-alcohol motifs (C(OH)–C–C–N with tert-alkyl or cyclic N) is 1. The number of amides is 1. The number of rotatable bonds is 6. The first-order valence-electron chi connectivity index (χ1n) is 8.12. The molecule has 0 aliphatic carbocycles. The highest BCUT2D eigenvalue weighted by molar-refractivity contribution is 5.77. The number of fused-ring (bicyclic) bond motifs is 1. The van der Waals surface area contributed by atoms with Crippen molar-refractivity contribution in [1.82, 2.24) is 14.3 Å². The van der Waals surface area contributed by atoms with Crippen molar-refractivity contribution in [3.8, 4) is 0 Å². The van der Waals surface area contributed by atoms with E-state index in [2.05, 4.69) is 4.98 Å². The lowest BCUT2D eigenvalue weighted by Gasteiger charge is -2.15. The number of carbonyl (C=O) groups excluding carboxylic acids is 1. The second kappa shape index (κ2) is 7.00. The van der Waals surface area contributed by atoms with Crippen molar-refractivity contribution in [3.05, 3.63) is 36.4 Å². The van der Waals surface area contributed by atoms with Crippen LogP contribution in [0.2, 0.25) is 0 Å². The molecule has 0 unspecified atom stereocenters. The molecule has 2 aromatic rings. The Bertz CT molecular complexity index is 742. The highest BCUT2D eigenvalue weighted by Crippen LogP contribution is 2.22. The summed E-state index contributed by atoms with van der Waals surface area (Å²) in [5.41, 5.74) is 1.89. The number of likely N-dealkylation sites (tertiary alicyclic amines) is 1. The van der Waals surface area contributed by atoms with E-state index in [0.717, 1.165) is 11.2 Å². The molecule has 7 nitrogen and oxygen atoms in total. The molecule has 1 fully saturated rings. The maximum absolute atomic E-state index is 12.1. The van der Waals surface area contributed by atoms with Gasteiger partial charge in [-0.3, -0.25) is 14.6 Å². The molecule has 1 amide bonds. The largest absolute Gasteiger partial charge is 0.481 e. The van der Waals surface area contributed by atoms with Crippen molar-refractivity contribution in [1.29, 1.82) is 0 Å². The molecular weight excluding hydrogens is 310 g/mol. The molecule has 0 radical (unpaired) electrons. The Morgan fingerprint density at radius 1 is 1.29 bits per heavy atom. The molecule has 128 valence electrons. The summed E-state index contributed by atoms with van der Waals surface area (Å²) >= 11 is 0. The van der Waals surface area contributed by atoms with Crippen LogP contribution in [0.5, 0.6) is 0 Å². The van der Waals surface area contributed by atoms with Gasteiger partial charge < -0.3 is 19.5 Å². The van der Waals surface area contributed by atoms with Gasteiger partial charge in [-0.2, -0.15) is 0 Å². The van der Waals surface area contributed by atoms with E-state index in [0.29, 0.717) is 25.9 Å². The van der Waals surface area contributed by atoms with E-state index in [1.54, 1.807) is 11.1 Å². The maximum Gasteiger partial charge on any atom is 0.303 e. The normalized spacial score (nSPS) is 20.6. The topological polar surface area (TPSA) is 95.1 Å². The molecule has 24 heavy (non-hydrogen) atoms. The third kappa shape index (κ3) is 3.73. The lowest BCUT2D eigenvalue weighted by atomic mass is 10.0. The van der Waals surface area contributed by atoms with E-state index in [9.17, 15) is 14.7 Å². The third-order valence-electron chi connectivity index (χ3n) is 4.47. The summed E-state index contributed by atoms with van der Waals surface area (Å²) in [6.45, 7) is 0.792. The minimum Gasteiger partial charge on any atom is -0.481 e. The zero-order valence-corrected chi connectivity index (χ0v) is 13.3. The van der Waals surface area contributed by atoms with E-state index in [-0.39, 0.29) is 24.7 Å². The molecule has 0 aromatic carbocycles. The molecule has 0 saturated carbocycles. The van der Waals surface area contributed by atoms with E-state index < -0.39 is 12.1 Å². The molecule has 3 heterocycles. The standard InChI is InChI=1S/C17H21N3O4/c21-15-11-20(16(22)4-1-5-17(23)24)9-12(15)7-13-10-19-6-2-3-14(19)8-18-13/h2-3,6,8,10,12,15,21H,1,4-5,7,9,11H2,(H,23,24)/t12-,15+/m0/s1. The fourth-order valence-corrected chi connectivity index (χ4v) is 3.16. The van der Waals surface area contributed by atoms with Crippen LogP contribution in [-0.4, -0.2) is 55.6 Å². The summed E-state index contributed by atoms with van der Waals surface area (Å²) in [7, 11) is 0. The van der Waals surface area contributed by atoms with Crippen LogP contribution in [0.25, 0.3) is 5.52 Å². The number of carboxylic acids is 1. The summed E-state index contributed by atoms with van der Waals surface area (Å²) in [5.74, 6) is -1.03. The minimum absolute atomic E-state index is 0.00757. The number of hydrogen-bond acceptors (Lipinski definition) is 4. The van der Waals surface area contributed by atoms with Gasteiger partial charge in [0.25, 0.3) is 0 Å². The van der Waals surface area contributed by atoms with Gasteiger partial charge in [-0.25, -0.2) is 0 Å². The second-order valence-electron chi connectivity index (χ2n) is 6.30. The van der Waals surface area contributed by atoms with Gasteiger partial charge in [-0.05, 0) is 25.0 Å². The summed E-state index contributed by atoms with van der Waals surface area (Å²) < 4.78 is 1.98. The van der Waals surface area contributed by atoms with Crippen LogP contribution in [0.15, 0.2) is 30.7 Å². The number of aliphatic hydroxyl groups is 1. The van der Waals surface area contributed by atoms with Crippen LogP contribution in [0.1, 0.15) is 25.0 Å². The van der Waals surface area contributed by atoms with E-state index in [1.807, 2.05) is 28.9 Å². The van der Waals surface area contributed by atoms with E-state index in [1.165, 1.54) is 0 Å². The number of hydrogen-bond donors (Lipinski definition) is 2. The highest BCUT2D eigenvalue weighted by atomic mass is 16.4. The number of carbonyl (C=O) groups is 2. The first-order chi connectivity index (χ1) is 11.5. The monoisotopic (exact) mass is 331 g/mol. The third-order valence-corrected chi connectivity index (χ3v) is 4.47. The SMILES string of the molecule is O=C(O)CCCC(=O)N1C[C@H](Cc2cn3cccc3cn2)[C@H](O)C1. The van der Waals surface area contributed by atoms with Gasteiger partial charge in [0.15, 0.2) is 0 Å². The Labute approximate surface area is 139 Å². The van der Waals surface area contributed by atoms with E-state index in [4.69, 9.17) is 5.11 Å². The Kier molecular flexibility index (Phi) is 4.80. The van der Waals surface area contributed by atoms with Gasteiger partial charge in [0.1, 0.15) is 0 Å². The average Bonchev–Trinajstić information content (AvgIpc) is 3.13. The lowest BCUT2D eigenvalue weighted by Crippen LogP contribution is -2.29. The molecule has 2 atom stereocenters. The molecule has 2 aromatic heterocycles. The Morgan fingerprint density at radius 2 is 2.12 bits per heavy atom. The number of carboxylic acid groups (broad SMARTS) is 1. The molecule has 2 N–H and O–H groups in total. The van der Waals surface area contributed by atoms with Gasteiger partial charge >= 0.3 is 5.97 Å². The average molecular weight is 331 g/mol. The fraction of sp³-hybridized carbons (Fsp3) is 0.471. The number of aliphatic hydroxyl groups excluding tert-OH is 1. The minimum atomic E-state index is -0.895. The van der Waals surface area contributed by atoms with Crippen molar-refractivity contribution in [2.45, 2.75) is 31.8 Å². The molecule has 1 saturated heterocycles. The first-order valence-corrected chi connectivity index (χ1v) is 8.12. The van der Waals surface area contributed by atoms with Gasteiger partial charge in [0.05, 0.1) is 23.5 Å². The second-order valence-corrected chi connectivity index (χ2v) is 6.30. The molecule has 1 aliphatic rings. The van der Waals surface area contributed by atoms with Crippen molar-refractivity contribution in [3.63, 3.8) is 0 Å². The summed E-state index contributed by atoms with van der Waals surface area (Å²) in [4.78, 5) is 28.7. The number of aliphatic carboxylic acids is 1. The van der Waals surface area contributed by atoms with Crippen molar-refractivity contribution in [2.24, 2.45) is 5.92 Å². The van der Waals surface area contributed by atoms with Gasteiger partial charge in [0.2, 0.25) is 5.91 Å². The van der Waals surface area contributed by atoms with Gasteiger partial charge in [0, 0.05) is 44.2 Å². The zero-order valence-electron chi connectivity index (χ0n) is 13.3. The smallest absolute Gasteiger partial charge is 0.303 e. The maximum atomic E-state index is 12.1. The van der Waals surface area contributed by atoms with Crippen LogP contribution in [0.4, 0.5) is 0 Å². The fourth-order valence-electron chi connectivity index (χ4n) is 3.16. The van der Waals surface area contributed by atoms with Gasteiger partial charge in [-0.15, -0.1) is 0 Å². The van der Waals surface area contributed by atoms with Crippen LogP contribution in [-0.2, 0) is 16.0 Å².